The Bertz CT molecular complexity index is 397. The third kappa shape index (κ3) is 2.74. The minimum atomic E-state index is -0.600. The van der Waals surface area contributed by atoms with Crippen LogP contribution in [0.2, 0.25) is 0 Å². The second-order valence-corrected chi connectivity index (χ2v) is 5.91. The van der Waals surface area contributed by atoms with Crippen molar-refractivity contribution in [3.8, 4) is 0 Å². The van der Waals surface area contributed by atoms with Crippen LogP contribution in [0.1, 0.15) is 58.8 Å². The smallest absolute Gasteiger partial charge is 0.249 e. The Labute approximate surface area is 121 Å². The van der Waals surface area contributed by atoms with Crippen LogP contribution in [-0.2, 0) is 9.59 Å². The zero-order chi connectivity index (χ0) is 14.6. The highest BCUT2D eigenvalue weighted by atomic mass is 16.2. The number of carbonyl (C=O) groups is 2. The summed E-state index contributed by atoms with van der Waals surface area (Å²) in [5.74, 6) is 0.183. The number of allylic oxidation sites excluding steroid dienone is 1. The van der Waals surface area contributed by atoms with Gasteiger partial charge in [-0.25, -0.2) is 0 Å². The van der Waals surface area contributed by atoms with Gasteiger partial charge in [0, 0.05) is 6.54 Å². The van der Waals surface area contributed by atoms with Crippen molar-refractivity contribution < 1.29 is 9.59 Å². The maximum absolute atomic E-state index is 12.9. The molecule has 20 heavy (non-hydrogen) atoms. The summed E-state index contributed by atoms with van der Waals surface area (Å²) < 4.78 is 0. The number of rotatable bonds is 4. The zero-order valence-electron chi connectivity index (χ0n) is 12.7. The molecule has 1 saturated heterocycles. The SMILES string of the molecule is C/C=C/CCN1C(=O)C2(CCCCC2)NC(=O)C1CC. The van der Waals surface area contributed by atoms with Crippen LogP contribution in [0.3, 0.4) is 0 Å². The van der Waals surface area contributed by atoms with Gasteiger partial charge in [-0.15, -0.1) is 0 Å². The Hall–Kier alpha value is -1.32. The summed E-state index contributed by atoms with van der Waals surface area (Å²) in [5.41, 5.74) is -0.600. The van der Waals surface area contributed by atoms with Gasteiger partial charge in [-0.2, -0.15) is 0 Å². The first-order valence-corrected chi connectivity index (χ1v) is 7.89. The van der Waals surface area contributed by atoms with Gasteiger partial charge in [-0.1, -0.05) is 38.3 Å². The van der Waals surface area contributed by atoms with E-state index in [0.29, 0.717) is 13.0 Å². The van der Waals surface area contributed by atoms with Crippen LogP contribution in [0.15, 0.2) is 12.2 Å². The third-order valence-corrected chi connectivity index (χ3v) is 4.58. The highest BCUT2D eigenvalue weighted by Crippen LogP contribution is 2.33. The van der Waals surface area contributed by atoms with Crippen molar-refractivity contribution in [2.45, 2.75) is 70.4 Å². The Morgan fingerprint density at radius 1 is 1.30 bits per heavy atom. The molecule has 4 heteroatoms. The summed E-state index contributed by atoms with van der Waals surface area (Å²) in [4.78, 5) is 27.1. The van der Waals surface area contributed by atoms with Crippen molar-refractivity contribution in [2.75, 3.05) is 6.54 Å². The van der Waals surface area contributed by atoms with Gasteiger partial charge in [0.25, 0.3) is 0 Å². The Morgan fingerprint density at radius 2 is 2.00 bits per heavy atom. The van der Waals surface area contributed by atoms with Gasteiger partial charge < -0.3 is 10.2 Å². The molecule has 2 rings (SSSR count). The molecule has 0 aromatic rings. The fraction of sp³-hybridized carbons (Fsp3) is 0.750. The lowest BCUT2D eigenvalue weighted by molar-refractivity contribution is -0.156. The topological polar surface area (TPSA) is 49.4 Å². The first kappa shape index (κ1) is 15.1. The molecular formula is C16H26N2O2. The van der Waals surface area contributed by atoms with Crippen LogP contribution < -0.4 is 5.32 Å². The van der Waals surface area contributed by atoms with Crippen molar-refractivity contribution in [3.63, 3.8) is 0 Å². The minimum absolute atomic E-state index is 0.0366. The fourth-order valence-electron chi connectivity index (χ4n) is 3.47. The van der Waals surface area contributed by atoms with Crippen molar-refractivity contribution in [3.05, 3.63) is 12.2 Å². The van der Waals surface area contributed by atoms with E-state index < -0.39 is 5.54 Å². The molecule has 1 heterocycles. The largest absolute Gasteiger partial charge is 0.340 e. The quantitative estimate of drug-likeness (QED) is 0.803. The molecule has 2 fully saturated rings. The Balaban J connectivity index is 2.19. The molecule has 4 nitrogen and oxygen atoms in total. The lowest BCUT2D eigenvalue weighted by atomic mass is 9.78. The maximum atomic E-state index is 12.9. The van der Waals surface area contributed by atoms with E-state index >= 15 is 0 Å². The summed E-state index contributed by atoms with van der Waals surface area (Å²) in [6, 6.07) is -0.291. The molecule has 1 saturated carbocycles. The molecule has 1 unspecified atom stereocenters. The minimum Gasteiger partial charge on any atom is -0.340 e. The molecule has 1 spiro atoms. The molecule has 0 aromatic carbocycles. The van der Waals surface area contributed by atoms with E-state index in [-0.39, 0.29) is 17.9 Å². The molecular weight excluding hydrogens is 252 g/mol. The standard InChI is InChI=1S/C16H26N2O2/c1-3-5-9-12-18-13(4-2)14(19)17-16(15(18)20)10-7-6-8-11-16/h3,5,13H,4,6-12H2,1-2H3,(H,17,19)/b5-3+. The second-order valence-electron chi connectivity index (χ2n) is 5.91. The van der Waals surface area contributed by atoms with Gasteiger partial charge in [0.1, 0.15) is 11.6 Å². The molecule has 0 aromatic heterocycles. The molecule has 1 aliphatic heterocycles. The monoisotopic (exact) mass is 278 g/mol. The zero-order valence-corrected chi connectivity index (χ0v) is 12.7. The molecule has 1 aliphatic carbocycles. The summed E-state index contributed by atoms with van der Waals surface area (Å²) in [7, 11) is 0. The summed E-state index contributed by atoms with van der Waals surface area (Å²) >= 11 is 0. The van der Waals surface area contributed by atoms with Crippen molar-refractivity contribution in [1.29, 1.82) is 0 Å². The average Bonchev–Trinajstić information content (AvgIpc) is 2.45. The number of carbonyl (C=O) groups excluding carboxylic acids is 2. The lowest BCUT2D eigenvalue weighted by Gasteiger charge is -2.47. The summed E-state index contributed by atoms with van der Waals surface area (Å²) in [6.07, 6.45) is 10.4. The maximum Gasteiger partial charge on any atom is 0.249 e. The number of piperazine rings is 1. The normalized spacial score (nSPS) is 26.3. The van der Waals surface area contributed by atoms with Crippen molar-refractivity contribution in [2.24, 2.45) is 0 Å². The Morgan fingerprint density at radius 3 is 2.60 bits per heavy atom. The van der Waals surface area contributed by atoms with Crippen LogP contribution >= 0.6 is 0 Å². The predicted molar refractivity (Wildman–Crippen MR) is 79.2 cm³/mol. The van der Waals surface area contributed by atoms with Gasteiger partial charge in [-0.3, -0.25) is 9.59 Å². The van der Waals surface area contributed by atoms with Crippen LogP contribution in [-0.4, -0.2) is 34.8 Å². The predicted octanol–water partition coefficient (Wildman–Crippen LogP) is 2.39. The molecule has 2 aliphatic rings. The highest BCUT2D eigenvalue weighted by molar-refractivity contribution is 5.99. The lowest BCUT2D eigenvalue weighted by Crippen LogP contribution is -2.70. The highest BCUT2D eigenvalue weighted by Gasteiger charge is 2.50. The number of nitrogens with one attached hydrogen (secondary N) is 1. The van der Waals surface area contributed by atoms with E-state index in [9.17, 15) is 9.59 Å². The second kappa shape index (κ2) is 6.42. The molecule has 0 radical (unpaired) electrons. The number of nitrogens with zero attached hydrogens (tertiary/aromatic N) is 1. The third-order valence-electron chi connectivity index (χ3n) is 4.58. The van der Waals surface area contributed by atoms with E-state index in [1.807, 2.05) is 24.8 Å². The van der Waals surface area contributed by atoms with Gasteiger partial charge in [0.15, 0.2) is 0 Å². The van der Waals surface area contributed by atoms with Crippen LogP contribution in [0.4, 0.5) is 0 Å². The van der Waals surface area contributed by atoms with E-state index in [1.54, 1.807) is 0 Å². The number of hydrogen-bond donors (Lipinski definition) is 1. The number of hydrogen-bond acceptors (Lipinski definition) is 2. The van der Waals surface area contributed by atoms with E-state index in [2.05, 4.69) is 11.4 Å². The van der Waals surface area contributed by atoms with Crippen LogP contribution in [0, 0.1) is 0 Å². The van der Waals surface area contributed by atoms with Gasteiger partial charge in [-0.05, 0) is 32.6 Å². The molecule has 2 amide bonds. The first-order chi connectivity index (χ1) is 9.64. The van der Waals surface area contributed by atoms with E-state index in [4.69, 9.17) is 0 Å². The summed E-state index contributed by atoms with van der Waals surface area (Å²) in [6.45, 7) is 4.60. The fourth-order valence-corrected chi connectivity index (χ4v) is 3.47. The van der Waals surface area contributed by atoms with E-state index in [0.717, 1.165) is 32.1 Å². The first-order valence-electron chi connectivity index (χ1n) is 7.89. The van der Waals surface area contributed by atoms with Crippen molar-refractivity contribution in [1.82, 2.24) is 10.2 Å². The van der Waals surface area contributed by atoms with E-state index in [1.165, 1.54) is 6.42 Å². The molecule has 0 bridgehead atoms. The van der Waals surface area contributed by atoms with Crippen LogP contribution in [0.5, 0.6) is 0 Å². The average molecular weight is 278 g/mol. The van der Waals surface area contributed by atoms with Crippen molar-refractivity contribution >= 4 is 11.8 Å². The Kier molecular flexibility index (Phi) is 4.84. The van der Waals surface area contributed by atoms with Gasteiger partial charge in [0.05, 0.1) is 0 Å². The molecule has 1 N–H and O–H groups in total. The molecule has 1 atom stereocenters. The number of amides is 2. The molecule has 112 valence electrons. The van der Waals surface area contributed by atoms with Crippen LogP contribution in [0.25, 0.3) is 0 Å². The van der Waals surface area contributed by atoms with Gasteiger partial charge >= 0.3 is 0 Å². The summed E-state index contributed by atoms with van der Waals surface area (Å²) in [5, 5.41) is 3.05. The van der Waals surface area contributed by atoms with Gasteiger partial charge in [0.2, 0.25) is 11.8 Å².